The van der Waals surface area contributed by atoms with Crippen LogP contribution in [0.15, 0.2) is 0 Å². The number of rotatable bonds is 4. The van der Waals surface area contributed by atoms with E-state index in [-0.39, 0.29) is 0 Å². The standard InChI is InChI=1S/C13H26N2O/c1-3-12(14-2)13(6-4-5-7-13)15-8-10-16-11-9-15/h12,14H,3-11H2,1-2H3. The number of nitrogens with zero attached hydrogens (tertiary/aromatic N) is 1. The van der Waals surface area contributed by atoms with Gasteiger partial charge in [-0.15, -0.1) is 0 Å². The number of hydrogen-bond acceptors (Lipinski definition) is 3. The Morgan fingerprint density at radius 1 is 1.25 bits per heavy atom. The maximum atomic E-state index is 5.49. The van der Waals surface area contributed by atoms with E-state index >= 15 is 0 Å². The minimum Gasteiger partial charge on any atom is -0.379 e. The topological polar surface area (TPSA) is 24.5 Å². The van der Waals surface area contributed by atoms with E-state index in [0.29, 0.717) is 11.6 Å². The average molecular weight is 226 g/mol. The van der Waals surface area contributed by atoms with Gasteiger partial charge in [-0.05, 0) is 26.3 Å². The minimum atomic E-state index is 0.424. The Kier molecular flexibility index (Phi) is 4.22. The summed E-state index contributed by atoms with van der Waals surface area (Å²) >= 11 is 0. The molecular weight excluding hydrogens is 200 g/mol. The largest absolute Gasteiger partial charge is 0.379 e. The molecule has 1 unspecified atom stereocenters. The maximum Gasteiger partial charge on any atom is 0.0594 e. The molecule has 0 aromatic rings. The van der Waals surface area contributed by atoms with E-state index in [9.17, 15) is 0 Å². The fourth-order valence-corrected chi connectivity index (χ4v) is 3.73. The molecule has 94 valence electrons. The second-order valence-electron chi connectivity index (χ2n) is 5.16. The van der Waals surface area contributed by atoms with Crippen LogP contribution in [-0.4, -0.2) is 49.8 Å². The van der Waals surface area contributed by atoms with Gasteiger partial charge in [-0.3, -0.25) is 4.90 Å². The molecule has 3 nitrogen and oxygen atoms in total. The Hall–Kier alpha value is -0.120. The van der Waals surface area contributed by atoms with Gasteiger partial charge in [-0.25, -0.2) is 0 Å². The molecular formula is C13H26N2O. The van der Waals surface area contributed by atoms with Gasteiger partial charge in [0.25, 0.3) is 0 Å². The molecule has 2 aliphatic rings. The fourth-order valence-electron chi connectivity index (χ4n) is 3.73. The molecule has 1 saturated heterocycles. The normalized spacial score (nSPS) is 28.1. The number of ether oxygens (including phenoxy) is 1. The second kappa shape index (κ2) is 5.48. The Morgan fingerprint density at radius 2 is 1.88 bits per heavy atom. The SMILES string of the molecule is CCC(NC)C1(N2CCOCC2)CCCC1. The van der Waals surface area contributed by atoms with E-state index in [1.807, 2.05) is 0 Å². The Bertz CT molecular complexity index is 204. The van der Waals surface area contributed by atoms with Crippen LogP contribution in [0.4, 0.5) is 0 Å². The molecule has 0 amide bonds. The highest BCUT2D eigenvalue weighted by Crippen LogP contribution is 2.39. The highest BCUT2D eigenvalue weighted by atomic mass is 16.5. The monoisotopic (exact) mass is 226 g/mol. The van der Waals surface area contributed by atoms with Crippen molar-refractivity contribution in [2.24, 2.45) is 0 Å². The lowest BCUT2D eigenvalue weighted by molar-refractivity contribution is -0.0352. The summed E-state index contributed by atoms with van der Waals surface area (Å²) in [4.78, 5) is 2.70. The van der Waals surface area contributed by atoms with Crippen LogP contribution in [0.3, 0.4) is 0 Å². The van der Waals surface area contributed by atoms with Gasteiger partial charge in [0.2, 0.25) is 0 Å². The third-order valence-electron chi connectivity index (χ3n) is 4.52. The quantitative estimate of drug-likeness (QED) is 0.788. The molecule has 1 heterocycles. The minimum absolute atomic E-state index is 0.424. The van der Waals surface area contributed by atoms with Gasteiger partial charge in [0.1, 0.15) is 0 Å². The molecule has 1 atom stereocenters. The molecule has 1 saturated carbocycles. The lowest BCUT2D eigenvalue weighted by Gasteiger charge is -2.48. The van der Waals surface area contributed by atoms with Crippen molar-refractivity contribution in [3.05, 3.63) is 0 Å². The maximum absolute atomic E-state index is 5.49. The zero-order chi connectivity index (χ0) is 11.4. The van der Waals surface area contributed by atoms with Crippen molar-refractivity contribution in [3.63, 3.8) is 0 Å². The predicted molar refractivity (Wildman–Crippen MR) is 66.7 cm³/mol. The highest BCUT2D eigenvalue weighted by Gasteiger charge is 2.44. The molecule has 0 bridgehead atoms. The van der Waals surface area contributed by atoms with Crippen LogP contribution in [0.25, 0.3) is 0 Å². The first-order valence-electron chi connectivity index (χ1n) is 6.83. The third kappa shape index (κ3) is 2.13. The molecule has 1 N–H and O–H groups in total. The van der Waals surface area contributed by atoms with Crippen molar-refractivity contribution in [3.8, 4) is 0 Å². The van der Waals surface area contributed by atoms with E-state index in [4.69, 9.17) is 4.74 Å². The van der Waals surface area contributed by atoms with Crippen LogP contribution in [0.1, 0.15) is 39.0 Å². The van der Waals surface area contributed by atoms with Gasteiger partial charge < -0.3 is 10.1 Å². The second-order valence-corrected chi connectivity index (χ2v) is 5.16. The molecule has 2 fully saturated rings. The highest BCUT2D eigenvalue weighted by molar-refractivity contribution is 5.03. The van der Waals surface area contributed by atoms with E-state index < -0.39 is 0 Å². The van der Waals surface area contributed by atoms with E-state index in [0.717, 1.165) is 26.3 Å². The number of hydrogen-bond donors (Lipinski definition) is 1. The summed E-state index contributed by atoms with van der Waals surface area (Å²) in [6.07, 6.45) is 6.76. The molecule has 0 aromatic heterocycles. The van der Waals surface area contributed by atoms with Crippen LogP contribution in [-0.2, 0) is 4.74 Å². The number of morpholine rings is 1. The molecule has 16 heavy (non-hydrogen) atoms. The first-order chi connectivity index (χ1) is 7.83. The first kappa shape index (κ1) is 12.3. The zero-order valence-electron chi connectivity index (χ0n) is 10.8. The van der Waals surface area contributed by atoms with E-state index in [1.54, 1.807) is 0 Å². The Labute approximate surface area is 99.5 Å². The van der Waals surface area contributed by atoms with Crippen LogP contribution in [0.2, 0.25) is 0 Å². The van der Waals surface area contributed by atoms with Crippen molar-refractivity contribution < 1.29 is 4.74 Å². The van der Waals surface area contributed by atoms with Crippen molar-refractivity contribution in [1.82, 2.24) is 10.2 Å². The first-order valence-corrected chi connectivity index (χ1v) is 6.83. The van der Waals surface area contributed by atoms with Crippen molar-refractivity contribution in [2.45, 2.75) is 50.6 Å². The molecule has 1 aliphatic carbocycles. The summed E-state index contributed by atoms with van der Waals surface area (Å²) in [5, 5.41) is 3.55. The molecule has 0 radical (unpaired) electrons. The lowest BCUT2D eigenvalue weighted by Crippen LogP contribution is -2.61. The Balaban J connectivity index is 2.12. The summed E-state index contributed by atoms with van der Waals surface area (Å²) in [5.41, 5.74) is 0.424. The summed E-state index contributed by atoms with van der Waals surface area (Å²) < 4.78 is 5.49. The van der Waals surface area contributed by atoms with Gasteiger partial charge in [-0.2, -0.15) is 0 Å². The fraction of sp³-hybridized carbons (Fsp3) is 1.00. The number of nitrogens with one attached hydrogen (secondary N) is 1. The summed E-state index contributed by atoms with van der Waals surface area (Å²) in [7, 11) is 2.12. The summed E-state index contributed by atoms with van der Waals surface area (Å²) in [6.45, 7) is 6.39. The Morgan fingerprint density at radius 3 is 2.38 bits per heavy atom. The smallest absolute Gasteiger partial charge is 0.0594 e. The van der Waals surface area contributed by atoms with Gasteiger partial charge in [-0.1, -0.05) is 19.8 Å². The van der Waals surface area contributed by atoms with Gasteiger partial charge in [0.15, 0.2) is 0 Å². The zero-order valence-corrected chi connectivity index (χ0v) is 10.8. The molecule has 0 aromatic carbocycles. The van der Waals surface area contributed by atoms with Crippen LogP contribution >= 0.6 is 0 Å². The van der Waals surface area contributed by atoms with Gasteiger partial charge in [0.05, 0.1) is 13.2 Å². The summed E-state index contributed by atoms with van der Waals surface area (Å²) in [6, 6.07) is 0.646. The van der Waals surface area contributed by atoms with Gasteiger partial charge in [0, 0.05) is 24.7 Å². The average Bonchev–Trinajstić information content (AvgIpc) is 2.82. The number of likely N-dealkylation sites (N-methyl/N-ethyl adjacent to an activating group) is 1. The van der Waals surface area contributed by atoms with Crippen LogP contribution in [0, 0.1) is 0 Å². The molecule has 3 heteroatoms. The van der Waals surface area contributed by atoms with E-state index in [2.05, 4.69) is 24.2 Å². The lowest BCUT2D eigenvalue weighted by atomic mass is 9.84. The summed E-state index contributed by atoms with van der Waals surface area (Å²) in [5.74, 6) is 0. The van der Waals surface area contributed by atoms with Crippen LogP contribution in [0.5, 0.6) is 0 Å². The molecule has 0 spiro atoms. The third-order valence-corrected chi connectivity index (χ3v) is 4.52. The van der Waals surface area contributed by atoms with E-state index in [1.165, 1.54) is 32.1 Å². The predicted octanol–water partition coefficient (Wildman–Crippen LogP) is 1.63. The van der Waals surface area contributed by atoms with Crippen LogP contribution < -0.4 is 5.32 Å². The molecule has 2 rings (SSSR count). The van der Waals surface area contributed by atoms with Crippen molar-refractivity contribution in [2.75, 3.05) is 33.4 Å². The van der Waals surface area contributed by atoms with Crippen molar-refractivity contribution in [1.29, 1.82) is 0 Å². The molecule has 1 aliphatic heterocycles. The van der Waals surface area contributed by atoms with Crippen molar-refractivity contribution >= 4 is 0 Å². The van der Waals surface area contributed by atoms with Gasteiger partial charge >= 0.3 is 0 Å².